The fourth-order valence-corrected chi connectivity index (χ4v) is 3.33. The van der Waals surface area contributed by atoms with Crippen molar-refractivity contribution in [3.05, 3.63) is 58.6 Å². The first-order valence-electron chi connectivity index (χ1n) is 7.59. The van der Waals surface area contributed by atoms with Crippen molar-refractivity contribution < 1.29 is 9.90 Å². The number of aliphatic imine (C=N–C) groups is 1. The molecule has 2 heterocycles. The molecule has 0 bridgehead atoms. The number of carbonyl (C=O) groups is 1. The molecule has 1 N–H and O–H groups in total. The third-order valence-corrected chi connectivity index (χ3v) is 4.49. The van der Waals surface area contributed by atoms with Crippen molar-refractivity contribution in [3.8, 4) is 5.75 Å². The van der Waals surface area contributed by atoms with Gasteiger partial charge in [-0.15, -0.1) is 0 Å². The van der Waals surface area contributed by atoms with Crippen LogP contribution in [0.25, 0.3) is 6.08 Å². The van der Waals surface area contributed by atoms with E-state index in [9.17, 15) is 9.90 Å². The first-order valence-corrected chi connectivity index (χ1v) is 8.41. The zero-order valence-corrected chi connectivity index (χ0v) is 14.2. The van der Waals surface area contributed by atoms with Crippen LogP contribution in [-0.4, -0.2) is 32.6 Å². The highest BCUT2D eigenvalue weighted by molar-refractivity contribution is 8.18. The lowest BCUT2D eigenvalue weighted by Crippen LogP contribution is -2.28. The number of amides is 1. The van der Waals surface area contributed by atoms with Gasteiger partial charge in [0, 0.05) is 12.2 Å². The van der Waals surface area contributed by atoms with Crippen molar-refractivity contribution in [2.24, 2.45) is 4.99 Å². The number of hydrogen-bond donors (Lipinski definition) is 1. The Hall–Kier alpha value is -2.60. The predicted molar refractivity (Wildman–Crippen MR) is 97.1 cm³/mol. The van der Waals surface area contributed by atoms with Crippen LogP contribution in [0.5, 0.6) is 5.75 Å². The van der Waals surface area contributed by atoms with Gasteiger partial charge in [0.15, 0.2) is 11.0 Å². The molecule has 1 aromatic carbocycles. The Morgan fingerprint density at radius 3 is 2.67 bits per heavy atom. The third kappa shape index (κ3) is 3.49. The number of amidine groups is 1. The van der Waals surface area contributed by atoms with Crippen molar-refractivity contribution in [1.29, 1.82) is 0 Å². The maximum Gasteiger partial charge on any atom is 0.266 e. The Bertz CT molecular complexity index is 828. The highest BCUT2D eigenvalue weighted by Gasteiger charge is 2.32. The normalized spacial score (nSPS) is 17.9. The Morgan fingerprint density at radius 2 is 2.00 bits per heavy atom. The van der Waals surface area contributed by atoms with E-state index in [2.05, 4.69) is 9.98 Å². The first kappa shape index (κ1) is 16.3. The molecule has 6 heteroatoms. The largest absolute Gasteiger partial charge is 0.508 e. The molecule has 1 saturated heterocycles. The molecule has 1 aliphatic rings. The first-order chi connectivity index (χ1) is 11.6. The standard InChI is InChI=1S/C18H17N3O2S/c1-3-21-17(23)15(11-13-7-9-14(22)10-8-13)24-18(21)20-16-6-4-5-12(2)19-16/h4-11,22H,3H2,1-2H3/b15-11-,20-18+. The summed E-state index contributed by atoms with van der Waals surface area (Å²) in [5.74, 6) is 0.724. The minimum absolute atomic E-state index is 0.0676. The number of phenolic OH excluding ortho intramolecular Hbond substituents is 1. The number of thioether (sulfide) groups is 1. The van der Waals surface area contributed by atoms with Gasteiger partial charge in [-0.1, -0.05) is 18.2 Å². The van der Waals surface area contributed by atoms with Gasteiger partial charge in [0.2, 0.25) is 0 Å². The van der Waals surface area contributed by atoms with Gasteiger partial charge in [0.05, 0.1) is 4.91 Å². The molecule has 1 fully saturated rings. The van der Waals surface area contributed by atoms with Crippen LogP contribution in [0, 0.1) is 6.92 Å². The summed E-state index contributed by atoms with van der Waals surface area (Å²) < 4.78 is 0. The highest BCUT2D eigenvalue weighted by Crippen LogP contribution is 2.33. The highest BCUT2D eigenvalue weighted by atomic mass is 32.2. The molecule has 3 rings (SSSR count). The number of rotatable bonds is 3. The number of benzene rings is 1. The molecule has 24 heavy (non-hydrogen) atoms. The summed E-state index contributed by atoms with van der Waals surface area (Å²) in [6.45, 7) is 4.37. The fraction of sp³-hybridized carbons (Fsp3) is 0.167. The van der Waals surface area contributed by atoms with Gasteiger partial charge >= 0.3 is 0 Å². The number of nitrogens with zero attached hydrogens (tertiary/aromatic N) is 3. The lowest BCUT2D eigenvalue weighted by Gasteiger charge is -2.11. The average Bonchev–Trinajstić information content (AvgIpc) is 2.84. The monoisotopic (exact) mass is 339 g/mol. The number of aromatic hydroxyl groups is 1. The van der Waals surface area contributed by atoms with E-state index in [0.717, 1.165) is 11.3 Å². The van der Waals surface area contributed by atoms with Crippen LogP contribution in [0.1, 0.15) is 18.2 Å². The lowest BCUT2D eigenvalue weighted by molar-refractivity contribution is -0.122. The average molecular weight is 339 g/mol. The van der Waals surface area contributed by atoms with E-state index in [-0.39, 0.29) is 11.7 Å². The van der Waals surface area contributed by atoms with Gasteiger partial charge in [-0.2, -0.15) is 0 Å². The molecular formula is C18H17N3O2S. The van der Waals surface area contributed by atoms with Crippen LogP contribution >= 0.6 is 11.8 Å². The molecule has 0 saturated carbocycles. The van der Waals surface area contributed by atoms with Crippen molar-refractivity contribution in [2.45, 2.75) is 13.8 Å². The molecule has 0 spiro atoms. The van der Waals surface area contributed by atoms with Gasteiger partial charge < -0.3 is 5.11 Å². The number of hydrogen-bond acceptors (Lipinski definition) is 5. The summed E-state index contributed by atoms with van der Waals surface area (Å²) >= 11 is 1.34. The smallest absolute Gasteiger partial charge is 0.266 e. The van der Waals surface area contributed by atoms with Crippen molar-refractivity contribution in [1.82, 2.24) is 9.88 Å². The zero-order valence-electron chi connectivity index (χ0n) is 13.4. The molecule has 1 aromatic heterocycles. The molecule has 0 aliphatic carbocycles. The van der Waals surface area contributed by atoms with E-state index in [1.54, 1.807) is 35.2 Å². The summed E-state index contributed by atoms with van der Waals surface area (Å²) in [5.41, 5.74) is 1.74. The SMILES string of the molecule is CCN1C(=O)/C(=C/c2ccc(O)cc2)S/C1=N/c1cccc(C)n1. The van der Waals surface area contributed by atoms with Gasteiger partial charge in [-0.25, -0.2) is 9.98 Å². The van der Waals surface area contributed by atoms with E-state index in [0.29, 0.717) is 22.4 Å². The van der Waals surface area contributed by atoms with Gasteiger partial charge in [0.25, 0.3) is 5.91 Å². The fourth-order valence-electron chi connectivity index (χ4n) is 2.28. The van der Waals surface area contributed by atoms with Crippen molar-refractivity contribution in [2.75, 3.05) is 6.54 Å². The van der Waals surface area contributed by atoms with Gasteiger partial charge in [-0.3, -0.25) is 9.69 Å². The zero-order chi connectivity index (χ0) is 17.1. The number of phenols is 1. The summed E-state index contributed by atoms with van der Waals surface area (Å²) in [6.07, 6.45) is 1.81. The van der Waals surface area contributed by atoms with E-state index in [1.165, 1.54) is 11.8 Å². The van der Waals surface area contributed by atoms with Crippen LogP contribution in [-0.2, 0) is 4.79 Å². The minimum atomic E-state index is -0.0676. The van der Waals surface area contributed by atoms with E-state index in [1.807, 2.05) is 32.0 Å². The summed E-state index contributed by atoms with van der Waals surface area (Å²) in [6, 6.07) is 12.4. The Labute approximate surface area is 144 Å². The molecular weight excluding hydrogens is 322 g/mol. The van der Waals surface area contributed by atoms with Crippen LogP contribution in [0.2, 0.25) is 0 Å². The van der Waals surface area contributed by atoms with Crippen LogP contribution in [0.4, 0.5) is 5.82 Å². The second-order valence-corrected chi connectivity index (χ2v) is 6.29. The number of carbonyl (C=O) groups excluding carboxylic acids is 1. The number of likely N-dealkylation sites (N-methyl/N-ethyl adjacent to an activating group) is 1. The second-order valence-electron chi connectivity index (χ2n) is 5.28. The maximum atomic E-state index is 12.6. The number of aromatic nitrogens is 1. The Morgan fingerprint density at radius 1 is 1.25 bits per heavy atom. The quantitative estimate of drug-likeness (QED) is 0.866. The summed E-state index contributed by atoms with van der Waals surface area (Å²) in [4.78, 5) is 23.7. The van der Waals surface area contributed by atoms with E-state index in [4.69, 9.17) is 0 Å². The van der Waals surface area contributed by atoms with Crippen molar-refractivity contribution >= 4 is 34.7 Å². The van der Waals surface area contributed by atoms with Gasteiger partial charge in [-0.05, 0) is 61.5 Å². The molecule has 5 nitrogen and oxygen atoms in total. The lowest BCUT2D eigenvalue weighted by atomic mass is 10.2. The Kier molecular flexibility index (Phi) is 4.66. The molecule has 1 amide bonds. The number of aryl methyl sites for hydroxylation is 1. The van der Waals surface area contributed by atoms with Crippen LogP contribution < -0.4 is 0 Å². The Balaban J connectivity index is 1.92. The second kappa shape index (κ2) is 6.88. The van der Waals surface area contributed by atoms with E-state index >= 15 is 0 Å². The molecule has 0 atom stereocenters. The molecule has 2 aromatic rings. The number of pyridine rings is 1. The molecule has 1 aliphatic heterocycles. The van der Waals surface area contributed by atoms with E-state index < -0.39 is 0 Å². The van der Waals surface area contributed by atoms with Gasteiger partial charge in [0.1, 0.15) is 5.75 Å². The molecule has 122 valence electrons. The summed E-state index contributed by atoms with van der Waals surface area (Å²) in [7, 11) is 0. The van der Waals surface area contributed by atoms with Crippen molar-refractivity contribution in [3.63, 3.8) is 0 Å². The predicted octanol–water partition coefficient (Wildman–Crippen LogP) is 3.72. The van der Waals surface area contributed by atoms with Crippen LogP contribution in [0.15, 0.2) is 52.4 Å². The molecule has 0 unspecified atom stereocenters. The minimum Gasteiger partial charge on any atom is -0.508 e. The third-order valence-electron chi connectivity index (χ3n) is 3.48. The maximum absolute atomic E-state index is 12.6. The summed E-state index contributed by atoms with van der Waals surface area (Å²) in [5, 5.41) is 9.98. The van der Waals surface area contributed by atoms with Crippen LogP contribution in [0.3, 0.4) is 0 Å². The topological polar surface area (TPSA) is 65.8 Å². The molecule has 0 radical (unpaired) electrons.